The first-order valence-electron chi connectivity index (χ1n) is 14.8. The van der Waals surface area contributed by atoms with Crippen LogP contribution < -0.4 is 0 Å². The molecule has 5 rings (SSSR count). The second kappa shape index (κ2) is 8.34. The summed E-state index contributed by atoms with van der Waals surface area (Å²) in [5, 5.41) is 0. The van der Waals surface area contributed by atoms with Crippen molar-refractivity contribution in [1.82, 2.24) is 0 Å². The Kier molecular flexibility index (Phi) is 6.09. The van der Waals surface area contributed by atoms with E-state index in [-0.39, 0.29) is 39.3 Å². The average molecular weight is 499 g/mol. The van der Waals surface area contributed by atoms with Gasteiger partial charge in [-0.25, -0.2) is 0 Å². The van der Waals surface area contributed by atoms with Crippen LogP contribution in [0.25, 0.3) is 0 Å². The van der Waals surface area contributed by atoms with Crippen molar-refractivity contribution in [2.45, 2.75) is 125 Å². The van der Waals surface area contributed by atoms with Crippen molar-refractivity contribution < 1.29 is 19.1 Å². The van der Waals surface area contributed by atoms with Crippen LogP contribution in [0.2, 0.25) is 0 Å². The normalized spacial score (nSPS) is 51.4. The first-order valence-corrected chi connectivity index (χ1v) is 14.8. The molecule has 5 aliphatic carbocycles. The molecule has 0 heterocycles. The van der Waals surface area contributed by atoms with Crippen LogP contribution in [0.1, 0.15) is 113 Å². The lowest BCUT2D eigenvalue weighted by Gasteiger charge is -2.71. The number of hydrogen-bond acceptors (Lipinski definition) is 4. The molecule has 10 atom stereocenters. The Bertz CT molecular complexity index is 952. The second-order valence-electron chi connectivity index (χ2n) is 14.9. The molecule has 4 saturated carbocycles. The molecule has 0 aromatic rings. The molecule has 0 N–H and O–H groups in total. The minimum Gasteiger partial charge on any atom is -0.462 e. The van der Waals surface area contributed by atoms with E-state index in [1.165, 1.54) is 12.8 Å². The van der Waals surface area contributed by atoms with E-state index in [4.69, 9.17) is 9.47 Å². The van der Waals surface area contributed by atoms with Gasteiger partial charge in [0.05, 0.1) is 0 Å². The van der Waals surface area contributed by atoms with E-state index in [0.717, 1.165) is 51.4 Å². The molecule has 0 saturated heterocycles. The molecular formula is C32H50O4. The molecule has 36 heavy (non-hydrogen) atoms. The van der Waals surface area contributed by atoms with Crippen molar-refractivity contribution in [2.24, 2.45) is 51.2 Å². The number of esters is 1. The highest BCUT2D eigenvalue weighted by Gasteiger charge is 2.69. The number of carbonyl (C=O) groups is 2. The summed E-state index contributed by atoms with van der Waals surface area (Å²) in [5.41, 5.74) is 1.87. The predicted octanol–water partition coefficient (Wildman–Crippen LogP) is 7.50. The third-order valence-electron chi connectivity index (χ3n) is 13.4. The van der Waals surface area contributed by atoms with Crippen molar-refractivity contribution >= 4 is 12.4 Å². The van der Waals surface area contributed by atoms with Gasteiger partial charge in [0.2, 0.25) is 0 Å². The van der Waals surface area contributed by atoms with Crippen LogP contribution in [0.4, 0.5) is 0 Å². The van der Waals surface area contributed by atoms with Crippen LogP contribution in [-0.2, 0) is 19.1 Å². The summed E-state index contributed by atoms with van der Waals surface area (Å²) in [7, 11) is 0. The fraction of sp³-hybridized carbons (Fsp3) is 0.875. The van der Waals surface area contributed by atoms with Gasteiger partial charge < -0.3 is 9.47 Å². The van der Waals surface area contributed by atoms with Crippen molar-refractivity contribution in [3.05, 3.63) is 11.6 Å². The highest BCUT2D eigenvalue weighted by atomic mass is 16.5. The summed E-state index contributed by atoms with van der Waals surface area (Å²) in [6, 6.07) is 0. The molecule has 0 unspecified atom stereocenters. The van der Waals surface area contributed by atoms with Gasteiger partial charge in [-0.3, -0.25) is 9.59 Å². The SMILES string of the molecule is CC(=O)O[C@H]1CC[C@]2(C)[C@H]3CC=C4[C@@H]5[C@@H](C)[C@H](C)CC[C@]5(OC=O)CC[C@@]4(C)[C@]3(C)CC[C@H]2C1(C)C. The van der Waals surface area contributed by atoms with E-state index >= 15 is 0 Å². The fourth-order valence-corrected chi connectivity index (χ4v) is 11.1. The van der Waals surface area contributed by atoms with E-state index in [0.29, 0.717) is 29.6 Å². The van der Waals surface area contributed by atoms with Gasteiger partial charge >= 0.3 is 5.97 Å². The van der Waals surface area contributed by atoms with Gasteiger partial charge in [0.15, 0.2) is 0 Å². The molecule has 0 amide bonds. The van der Waals surface area contributed by atoms with Gasteiger partial charge in [0.1, 0.15) is 11.7 Å². The average Bonchev–Trinajstić information content (AvgIpc) is 2.79. The van der Waals surface area contributed by atoms with Crippen LogP contribution in [0.5, 0.6) is 0 Å². The third-order valence-corrected chi connectivity index (χ3v) is 13.4. The van der Waals surface area contributed by atoms with Crippen LogP contribution in [0.3, 0.4) is 0 Å². The maximum Gasteiger partial charge on any atom is 0.302 e. The second-order valence-corrected chi connectivity index (χ2v) is 14.9. The number of hydrogen-bond donors (Lipinski definition) is 0. The maximum atomic E-state index is 11.9. The zero-order valence-corrected chi connectivity index (χ0v) is 24.1. The predicted molar refractivity (Wildman–Crippen MR) is 142 cm³/mol. The molecule has 0 spiro atoms. The van der Waals surface area contributed by atoms with Crippen molar-refractivity contribution in [3.63, 3.8) is 0 Å². The molecule has 0 aliphatic heterocycles. The summed E-state index contributed by atoms with van der Waals surface area (Å²) >= 11 is 0. The quantitative estimate of drug-likeness (QED) is 0.230. The van der Waals surface area contributed by atoms with Crippen LogP contribution in [0, 0.1) is 51.2 Å². The molecule has 5 aliphatic rings. The van der Waals surface area contributed by atoms with E-state index in [1.807, 2.05) is 0 Å². The number of allylic oxidation sites excluding steroid dienone is 1. The van der Waals surface area contributed by atoms with Gasteiger partial charge in [-0.1, -0.05) is 60.1 Å². The van der Waals surface area contributed by atoms with Crippen molar-refractivity contribution in [3.8, 4) is 0 Å². The number of carbonyl (C=O) groups excluding carboxylic acids is 2. The number of rotatable bonds is 3. The van der Waals surface area contributed by atoms with Gasteiger partial charge in [-0.15, -0.1) is 0 Å². The smallest absolute Gasteiger partial charge is 0.302 e. The molecule has 202 valence electrons. The Hall–Kier alpha value is -1.32. The lowest BCUT2D eigenvalue weighted by molar-refractivity contribution is -0.218. The molecule has 0 radical (unpaired) electrons. The summed E-state index contributed by atoms with van der Waals surface area (Å²) in [6.45, 7) is 19.6. The lowest BCUT2D eigenvalue weighted by atomic mass is 9.34. The molecule has 0 bridgehead atoms. The van der Waals surface area contributed by atoms with Gasteiger partial charge in [-0.2, -0.15) is 0 Å². The fourth-order valence-electron chi connectivity index (χ4n) is 11.1. The summed E-state index contributed by atoms with van der Waals surface area (Å²) < 4.78 is 12.0. The molecule has 4 nitrogen and oxygen atoms in total. The minimum atomic E-state index is -0.312. The third kappa shape index (κ3) is 3.30. The van der Waals surface area contributed by atoms with Crippen LogP contribution in [0.15, 0.2) is 11.6 Å². The Morgan fingerprint density at radius 3 is 2.33 bits per heavy atom. The van der Waals surface area contributed by atoms with Crippen molar-refractivity contribution in [1.29, 1.82) is 0 Å². The molecule has 4 fully saturated rings. The first kappa shape index (κ1) is 26.3. The van der Waals surface area contributed by atoms with E-state index in [2.05, 4.69) is 54.5 Å². The number of ether oxygens (including phenoxy) is 2. The molecule has 0 aromatic heterocycles. The standard InChI is InChI=1S/C32H50O4/c1-20-11-16-32(35-19-33)18-17-30(7)23(27(32)21(20)2)9-10-25-29(6)14-13-26(36-22(3)34)28(4,5)24(29)12-15-31(25,30)8/h9,19-21,24-27H,10-18H2,1-8H3/t20-,21+,24+,25-,26+,27+,29+,30-,31-,32+/m1/s1. The number of fused-ring (bicyclic) bond motifs is 7. The Labute approximate surface area is 219 Å². The largest absolute Gasteiger partial charge is 0.462 e. The Balaban J connectivity index is 1.55. The first-order chi connectivity index (χ1) is 16.8. The zero-order valence-electron chi connectivity index (χ0n) is 24.1. The van der Waals surface area contributed by atoms with Crippen LogP contribution >= 0.6 is 0 Å². The highest BCUT2D eigenvalue weighted by molar-refractivity contribution is 5.66. The lowest BCUT2D eigenvalue weighted by Crippen LogP contribution is -2.66. The maximum absolute atomic E-state index is 11.9. The van der Waals surface area contributed by atoms with E-state index in [1.54, 1.807) is 12.5 Å². The highest BCUT2D eigenvalue weighted by Crippen LogP contribution is 2.75. The van der Waals surface area contributed by atoms with E-state index in [9.17, 15) is 9.59 Å². The summed E-state index contributed by atoms with van der Waals surface area (Å²) in [5.74, 6) is 2.53. The Morgan fingerprint density at radius 2 is 1.67 bits per heavy atom. The topological polar surface area (TPSA) is 52.6 Å². The van der Waals surface area contributed by atoms with E-state index < -0.39 is 0 Å². The molecule has 4 heteroatoms. The molecule has 0 aromatic carbocycles. The zero-order chi connectivity index (χ0) is 26.3. The van der Waals surface area contributed by atoms with Gasteiger partial charge in [0.25, 0.3) is 6.47 Å². The summed E-state index contributed by atoms with van der Waals surface area (Å²) in [4.78, 5) is 23.6. The minimum absolute atomic E-state index is 0.0161. The monoisotopic (exact) mass is 498 g/mol. The summed E-state index contributed by atoms with van der Waals surface area (Å²) in [6.07, 6.45) is 12.5. The van der Waals surface area contributed by atoms with Gasteiger partial charge in [0, 0.05) is 18.3 Å². The Morgan fingerprint density at radius 1 is 0.944 bits per heavy atom. The van der Waals surface area contributed by atoms with Crippen LogP contribution in [-0.4, -0.2) is 24.1 Å². The molecular weight excluding hydrogens is 448 g/mol. The van der Waals surface area contributed by atoms with Crippen molar-refractivity contribution in [2.75, 3.05) is 0 Å². The van der Waals surface area contributed by atoms with Gasteiger partial charge in [-0.05, 0) is 97.7 Å².